The van der Waals surface area contributed by atoms with Crippen molar-refractivity contribution in [1.29, 1.82) is 0 Å². The van der Waals surface area contributed by atoms with Crippen molar-refractivity contribution in [2.45, 2.75) is 80.1 Å². The molecule has 0 aromatic carbocycles. The van der Waals surface area contributed by atoms with E-state index < -0.39 is 0 Å². The zero-order valence-corrected chi connectivity index (χ0v) is 32.8. The Morgan fingerprint density at radius 2 is 0.733 bits per heavy atom. The molecule has 3 unspecified atom stereocenters. The zero-order valence-electron chi connectivity index (χ0n) is 32.8. The van der Waals surface area contributed by atoms with Crippen LogP contribution in [0.3, 0.4) is 0 Å². The number of imidazole rings is 3. The lowest BCUT2D eigenvalue weighted by Crippen LogP contribution is -2.12. The van der Waals surface area contributed by atoms with E-state index >= 15 is 0 Å². The highest BCUT2D eigenvalue weighted by molar-refractivity contribution is 5.76. The molecule has 3 saturated heterocycles. The maximum absolute atomic E-state index is 4.52. The molecule has 0 amide bonds. The third-order valence-corrected chi connectivity index (χ3v) is 12.9. The summed E-state index contributed by atoms with van der Waals surface area (Å²) in [5.74, 6) is 3.72. The van der Waals surface area contributed by atoms with Gasteiger partial charge in [0.2, 0.25) is 0 Å². The van der Waals surface area contributed by atoms with Crippen molar-refractivity contribution in [3.63, 3.8) is 0 Å². The molecule has 12 rings (SSSR count). The second-order valence-corrected chi connectivity index (χ2v) is 15.8. The largest absolute Gasteiger partial charge is 0.345 e. The number of fused-ring (bicyclic) bond motifs is 9. The van der Waals surface area contributed by atoms with Gasteiger partial charge in [-0.05, 0) is 55.6 Å². The lowest BCUT2D eigenvalue weighted by molar-refractivity contribution is 0.493. The first-order valence-electron chi connectivity index (χ1n) is 20.7. The maximum Gasteiger partial charge on any atom is 0.156 e. The SMILES string of the molecule is C.C.C.CC[C@@H]1CNCC1c1cnc2cnc3[nH]ccc3n12.CC[C@@H]1CNCC1c1cnc2cnc3[nH]ccc3n12.CC[C@@H]1CNCC1c1cnc2cnc3[nH]ccc3n12. The summed E-state index contributed by atoms with van der Waals surface area (Å²) >= 11 is 0. The van der Waals surface area contributed by atoms with Crippen LogP contribution in [0.4, 0.5) is 0 Å². The van der Waals surface area contributed by atoms with Gasteiger partial charge in [0.05, 0.1) is 35.1 Å². The van der Waals surface area contributed by atoms with E-state index in [1.54, 1.807) is 0 Å². The maximum atomic E-state index is 4.52. The number of aromatic nitrogens is 12. The van der Waals surface area contributed by atoms with Crippen LogP contribution in [0.2, 0.25) is 0 Å². The normalized spacial score (nSPS) is 22.4. The van der Waals surface area contributed by atoms with E-state index in [1.165, 1.54) is 36.3 Å². The van der Waals surface area contributed by atoms with Crippen LogP contribution in [0.1, 0.15) is 97.1 Å². The Labute approximate surface area is 351 Å². The van der Waals surface area contributed by atoms with Gasteiger partial charge in [0.15, 0.2) is 33.9 Å². The van der Waals surface area contributed by atoms with Crippen molar-refractivity contribution in [2.24, 2.45) is 17.8 Å². The number of rotatable bonds is 6. The van der Waals surface area contributed by atoms with E-state index in [4.69, 9.17) is 0 Å². The Morgan fingerprint density at radius 3 is 1.02 bits per heavy atom. The number of aromatic amines is 3. The van der Waals surface area contributed by atoms with Crippen LogP contribution in [0.15, 0.2) is 74.0 Å². The van der Waals surface area contributed by atoms with Gasteiger partial charge in [-0.1, -0.05) is 62.3 Å². The van der Waals surface area contributed by atoms with Crippen molar-refractivity contribution in [3.8, 4) is 0 Å². The Morgan fingerprint density at radius 1 is 0.433 bits per heavy atom. The van der Waals surface area contributed by atoms with Gasteiger partial charge < -0.3 is 30.9 Å². The molecular formula is C45H63N15. The van der Waals surface area contributed by atoms with Gasteiger partial charge in [-0.3, -0.25) is 13.2 Å². The van der Waals surface area contributed by atoms with Crippen molar-refractivity contribution in [2.75, 3.05) is 39.3 Å². The van der Waals surface area contributed by atoms with Crippen LogP contribution >= 0.6 is 0 Å². The molecule has 3 aliphatic rings. The predicted octanol–water partition coefficient (Wildman–Crippen LogP) is 7.68. The van der Waals surface area contributed by atoms with Gasteiger partial charge in [-0.25, -0.2) is 29.9 Å². The fraction of sp³-hybridized carbons (Fsp3) is 0.467. The van der Waals surface area contributed by atoms with Gasteiger partial charge in [0.25, 0.3) is 0 Å². The molecule has 9 aromatic heterocycles. The fourth-order valence-corrected chi connectivity index (χ4v) is 9.79. The number of H-pyrrole nitrogens is 3. The second-order valence-electron chi connectivity index (χ2n) is 15.8. The summed E-state index contributed by atoms with van der Waals surface area (Å²) in [6, 6.07) is 6.22. The Hall–Kier alpha value is -5.64. The third kappa shape index (κ3) is 7.21. The molecule has 15 heteroatoms. The lowest BCUT2D eigenvalue weighted by atomic mass is 9.91. The van der Waals surface area contributed by atoms with Gasteiger partial charge >= 0.3 is 0 Å². The first kappa shape index (κ1) is 42.5. The highest BCUT2D eigenvalue weighted by Gasteiger charge is 2.32. The summed E-state index contributed by atoms with van der Waals surface area (Å²) in [4.78, 5) is 36.3. The van der Waals surface area contributed by atoms with Crippen LogP contribution in [-0.4, -0.2) is 97.3 Å². The molecule has 318 valence electrons. The molecule has 0 spiro atoms. The monoisotopic (exact) mass is 814 g/mol. The van der Waals surface area contributed by atoms with Crippen molar-refractivity contribution < 1.29 is 0 Å². The molecule has 12 heterocycles. The van der Waals surface area contributed by atoms with Crippen LogP contribution in [0.25, 0.3) is 50.4 Å². The quantitative estimate of drug-likeness (QED) is 0.0985. The Kier molecular flexibility index (Phi) is 12.7. The van der Waals surface area contributed by atoms with Gasteiger partial charge in [-0.15, -0.1) is 0 Å². The van der Waals surface area contributed by atoms with E-state index in [-0.39, 0.29) is 22.3 Å². The minimum atomic E-state index is 0. The molecule has 9 aromatic rings. The minimum Gasteiger partial charge on any atom is -0.345 e. The molecule has 3 aliphatic heterocycles. The van der Waals surface area contributed by atoms with E-state index in [0.717, 1.165) is 89.7 Å². The summed E-state index contributed by atoms with van der Waals surface area (Å²) in [6.07, 6.45) is 21.0. The minimum absolute atomic E-state index is 0. The third-order valence-electron chi connectivity index (χ3n) is 12.9. The van der Waals surface area contributed by atoms with Crippen molar-refractivity contribution in [1.82, 2.24) is 74.0 Å². The first-order valence-corrected chi connectivity index (χ1v) is 20.7. The second kappa shape index (κ2) is 17.9. The Balaban J connectivity index is 0.000000133. The van der Waals surface area contributed by atoms with Crippen LogP contribution < -0.4 is 16.0 Å². The van der Waals surface area contributed by atoms with Gasteiger partial charge in [0, 0.05) is 91.7 Å². The van der Waals surface area contributed by atoms with Crippen LogP contribution in [-0.2, 0) is 0 Å². The van der Waals surface area contributed by atoms with E-state index in [1.807, 2.05) is 55.8 Å². The molecule has 6 N–H and O–H groups in total. The molecule has 0 radical (unpaired) electrons. The van der Waals surface area contributed by atoms with Crippen LogP contribution in [0.5, 0.6) is 0 Å². The summed E-state index contributed by atoms with van der Waals surface area (Å²) in [5, 5.41) is 10.5. The van der Waals surface area contributed by atoms with Crippen molar-refractivity contribution in [3.05, 3.63) is 91.1 Å². The van der Waals surface area contributed by atoms with E-state index in [2.05, 4.69) is 113 Å². The van der Waals surface area contributed by atoms with E-state index in [0.29, 0.717) is 35.5 Å². The van der Waals surface area contributed by atoms with Gasteiger partial charge in [0.1, 0.15) is 0 Å². The number of hydrogen-bond donors (Lipinski definition) is 6. The average Bonchev–Trinajstić information content (AvgIpc) is 4.09. The summed E-state index contributed by atoms with van der Waals surface area (Å²) in [6.45, 7) is 13.2. The summed E-state index contributed by atoms with van der Waals surface area (Å²) in [7, 11) is 0. The predicted molar refractivity (Wildman–Crippen MR) is 243 cm³/mol. The number of hydrogen-bond acceptors (Lipinski definition) is 9. The fourth-order valence-electron chi connectivity index (χ4n) is 9.79. The molecule has 60 heavy (non-hydrogen) atoms. The molecule has 0 saturated carbocycles. The molecule has 0 bridgehead atoms. The summed E-state index contributed by atoms with van der Waals surface area (Å²) < 4.78 is 6.75. The lowest BCUT2D eigenvalue weighted by Gasteiger charge is -2.16. The highest BCUT2D eigenvalue weighted by Crippen LogP contribution is 2.34. The first-order chi connectivity index (χ1) is 28.1. The standard InChI is InChI=1S/3C14H17N5.3CH4/c3*1-2-9-5-15-6-10(9)12-7-17-13-8-18-14-11(19(12)13)3-4-16-14;;;/h3*3-4,7-10,15-16H,2,5-6H2,1H3;3*1H4/t3*9-,10?;;;/m111.../s1. The Bertz CT molecular complexity index is 2480. The molecule has 6 atom stereocenters. The molecule has 3 fully saturated rings. The highest BCUT2D eigenvalue weighted by atomic mass is 15.1. The molecular weight excluding hydrogens is 751 g/mol. The number of nitrogens with zero attached hydrogens (tertiary/aromatic N) is 9. The van der Waals surface area contributed by atoms with Crippen molar-refractivity contribution >= 4 is 50.4 Å². The molecule has 0 aliphatic carbocycles. The van der Waals surface area contributed by atoms with Crippen LogP contribution in [0, 0.1) is 17.8 Å². The average molecular weight is 814 g/mol. The zero-order chi connectivity index (χ0) is 38.5. The summed E-state index contributed by atoms with van der Waals surface area (Å²) in [5.41, 5.74) is 12.8. The molecule has 15 nitrogen and oxygen atoms in total. The van der Waals surface area contributed by atoms with Gasteiger partial charge in [-0.2, -0.15) is 0 Å². The number of nitrogens with one attached hydrogen (secondary N) is 6. The van der Waals surface area contributed by atoms with E-state index in [9.17, 15) is 0 Å². The topological polar surface area (TPSA) is 174 Å². The smallest absolute Gasteiger partial charge is 0.156 e.